The van der Waals surface area contributed by atoms with Crippen LogP contribution in [0.1, 0.15) is 19.8 Å². The molecule has 0 aromatic heterocycles. The predicted molar refractivity (Wildman–Crippen MR) is 53.3 cm³/mol. The Hall–Kier alpha value is -0.620. The summed E-state index contributed by atoms with van der Waals surface area (Å²) in [5.74, 6) is 0.118. The second-order valence-corrected chi connectivity index (χ2v) is 5.49. The third-order valence-corrected chi connectivity index (χ3v) is 4.14. The molecule has 1 amide bonds. The SMILES string of the molecule is CC(=O)NCCN1CCCCS1(=O)=O. The lowest BCUT2D eigenvalue weighted by molar-refractivity contribution is -0.118. The summed E-state index contributed by atoms with van der Waals surface area (Å²) in [4.78, 5) is 10.6. The van der Waals surface area contributed by atoms with Crippen LogP contribution in [0.2, 0.25) is 0 Å². The number of hydrogen-bond donors (Lipinski definition) is 1. The summed E-state index contributed by atoms with van der Waals surface area (Å²) in [5, 5.41) is 2.59. The van der Waals surface area contributed by atoms with E-state index in [2.05, 4.69) is 5.32 Å². The van der Waals surface area contributed by atoms with Gasteiger partial charge in [0.25, 0.3) is 0 Å². The Morgan fingerprint density at radius 2 is 2.14 bits per heavy atom. The van der Waals surface area contributed by atoms with Crippen molar-refractivity contribution < 1.29 is 13.2 Å². The Kier molecular flexibility index (Phi) is 3.88. The van der Waals surface area contributed by atoms with Crippen molar-refractivity contribution in [2.75, 3.05) is 25.4 Å². The molecule has 1 rings (SSSR count). The maximum atomic E-state index is 11.5. The summed E-state index contributed by atoms with van der Waals surface area (Å²) in [6, 6.07) is 0. The second-order valence-electron chi connectivity index (χ2n) is 3.41. The van der Waals surface area contributed by atoms with Crippen LogP contribution in [-0.2, 0) is 14.8 Å². The second kappa shape index (κ2) is 4.75. The van der Waals surface area contributed by atoms with Crippen LogP contribution in [0.4, 0.5) is 0 Å². The zero-order chi connectivity index (χ0) is 10.6. The average molecular weight is 220 g/mol. The van der Waals surface area contributed by atoms with Crippen LogP contribution in [0.3, 0.4) is 0 Å². The largest absolute Gasteiger partial charge is 0.355 e. The van der Waals surface area contributed by atoms with Crippen molar-refractivity contribution in [3.05, 3.63) is 0 Å². The van der Waals surface area contributed by atoms with Gasteiger partial charge >= 0.3 is 0 Å². The molecular formula is C8H16N2O3S. The van der Waals surface area contributed by atoms with Gasteiger partial charge in [-0.1, -0.05) is 0 Å². The molecule has 0 aromatic carbocycles. The van der Waals surface area contributed by atoms with Crippen LogP contribution in [0.5, 0.6) is 0 Å². The summed E-state index contributed by atoms with van der Waals surface area (Å²) >= 11 is 0. The van der Waals surface area contributed by atoms with Gasteiger partial charge in [0.05, 0.1) is 5.75 Å². The average Bonchev–Trinajstić information content (AvgIpc) is 2.07. The molecule has 6 heteroatoms. The van der Waals surface area contributed by atoms with E-state index in [0.717, 1.165) is 12.8 Å². The highest BCUT2D eigenvalue weighted by atomic mass is 32.2. The molecule has 0 bridgehead atoms. The van der Waals surface area contributed by atoms with Gasteiger partial charge in [0.2, 0.25) is 15.9 Å². The van der Waals surface area contributed by atoms with Gasteiger partial charge in [-0.05, 0) is 12.8 Å². The Bertz CT molecular complexity index is 300. The smallest absolute Gasteiger partial charge is 0.216 e. The fourth-order valence-electron chi connectivity index (χ4n) is 1.45. The summed E-state index contributed by atoms with van der Waals surface area (Å²) in [6.07, 6.45) is 1.66. The molecule has 1 N–H and O–H groups in total. The molecule has 1 saturated heterocycles. The molecule has 5 nitrogen and oxygen atoms in total. The first-order chi connectivity index (χ1) is 6.52. The number of nitrogens with one attached hydrogen (secondary N) is 1. The van der Waals surface area contributed by atoms with Crippen LogP contribution < -0.4 is 5.32 Å². The standard InChI is InChI=1S/C8H16N2O3S/c1-8(11)9-4-6-10-5-2-3-7-14(10,12)13/h2-7H2,1H3,(H,9,11). The van der Waals surface area contributed by atoms with Crippen LogP contribution in [-0.4, -0.2) is 44.0 Å². The quantitative estimate of drug-likeness (QED) is 0.700. The lowest BCUT2D eigenvalue weighted by Crippen LogP contribution is -2.42. The zero-order valence-corrected chi connectivity index (χ0v) is 9.14. The van der Waals surface area contributed by atoms with E-state index in [1.54, 1.807) is 0 Å². The normalized spacial score (nSPS) is 21.8. The van der Waals surface area contributed by atoms with E-state index >= 15 is 0 Å². The molecule has 1 heterocycles. The number of rotatable bonds is 3. The maximum Gasteiger partial charge on any atom is 0.216 e. The molecule has 1 aliphatic rings. The Morgan fingerprint density at radius 1 is 1.43 bits per heavy atom. The van der Waals surface area contributed by atoms with Gasteiger partial charge in [-0.3, -0.25) is 4.79 Å². The third kappa shape index (κ3) is 3.26. The number of nitrogens with zero attached hydrogens (tertiary/aromatic N) is 1. The van der Waals surface area contributed by atoms with E-state index in [1.807, 2.05) is 0 Å². The van der Waals surface area contributed by atoms with Gasteiger partial charge < -0.3 is 5.32 Å². The third-order valence-electron chi connectivity index (χ3n) is 2.19. The van der Waals surface area contributed by atoms with Gasteiger partial charge in [-0.15, -0.1) is 0 Å². The van der Waals surface area contributed by atoms with Crippen molar-refractivity contribution in [1.82, 2.24) is 9.62 Å². The summed E-state index contributed by atoms with van der Waals surface area (Å²) in [5.41, 5.74) is 0. The van der Waals surface area contributed by atoms with Crippen molar-refractivity contribution in [3.63, 3.8) is 0 Å². The minimum Gasteiger partial charge on any atom is -0.355 e. The molecule has 0 aromatic rings. The van der Waals surface area contributed by atoms with Crippen LogP contribution >= 0.6 is 0 Å². The zero-order valence-electron chi connectivity index (χ0n) is 8.32. The molecule has 1 aliphatic heterocycles. The fourth-order valence-corrected chi connectivity index (χ4v) is 3.05. The summed E-state index contributed by atoms with van der Waals surface area (Å²) in [6.45, 7) is 2.79. The predicted octanol–water partition coefficient (Wildman–Crippen LogP) is -0.452. The van der Waals surface area contributed by atoms with Crippen molar-refractivity contribution in [3.8, 4) is 0 Å². The van der Waals surface area contributed by atoms with Crippen LogP contribution in [0, 0.1) is 0 Å². The maximum absolute atomic E-state index is 11.5. The van der Waals surface area contributed by atoms with E-state index in [9.17, 15) is 13.2 Å². The van der Waals surface area contributed by atoms with Crippen molar-refractivity contribution in [2.24, 2.45) is 0 Å². The molecule has 82 valence electrons. The minimum absolute atomic E-state index is 0.126. The summed E-state index contributed by atoms with van der Waals surface area (Å²) in [7, 11) is -3.04. The first-order valence-electron chi connectivity index (χ1n) is 4.74. The number of carbonyl (C=O) groups is 1. The lowest BCUT2D eigenvalue weighted by atomic mass is 10.3. The number of hydrogen-bond acceptors (Lipinski definition) is 3. The molecule has 1 fully saturated rings. The lowest BCUT2D eigenvalue weighted by Gasteiger charge is -2.25. The van der Waals surface area contributed by atoms with Gasteiger partial charge in [-0.25, -0.2) is 12.7 Å². The van der Waals surface area contributed by atoms with Gasteiger partial charge in [0.15, 0.2) is 0 Å². The van der Waals surface area contributed by atoms with Crippen molar-refractivity contribution in [1.29, 1.82) is 0 Å². The van der Waals surface area contributed by atoms with E-state index in [0.29, 0.717) is 19.6 Å². The van der Waals surface area contributed by atoms with Gasteiger partial charge in [-0.2, -0.15) is 0 Å². The molecule has 0 spiro atoms. The molecule has 0 aliphatic carbocycles. The fraction of sp³-hybridized carbons (Fsp3) is 0.875. The first kappa shape index (κ1) is 11.5. The molecule has 0 unspecified atom stereocenters. The molecular weight excluding hydrogens is 204 g/mol. The minimum atomic E-state index is -3.04. The first-order valence-corrected chi connectivity index (χ1v) is 6.35. The molecule has 0 atom stereocenters. The van der Waals surface area contributed by atoms with Crippen LogP contribution in [0.25, 0.3) is 0 Å². The van der Waals surface area contributed by atoms with Crippen molar-refractivity contribution in [2.45, 2.75) is 19.8 Å². The highest BCUT2D eigenvalue weighted by Crippen LogP contribution is 2.12. The van der Waals surface area contributed by atoms with E-state index in [1.165, 1.54) is 11.2 Å². The van der Waals surface area contributed by atoms with Crippen LogP contribution in [0.15, 0.2) is 0 Å². The number of carbonyl (C=O) groups excluding carboxylic acids is 1. The Morgan fingerprint density at radius 3 is 2.71 bits per heavy atom. The Labute approximate surface area is 84.5 Å². The van der Waals surface area contributed by atoms with E-state index in [-0.39, 0.29) is 11.7 Å². The highest BCUT2D eigenvalue weighted by Gasteiger charge is 2.24. The van der Waals surface area contributed by atoms with Gasteiger partial charge in [0, 0.05) is 26.6 Å². The topological polar surface area (TPSA) is 66.5 Å². The van der Waals surface area contributed by atoms with E-state index in [4.69, 9.17) is 0 Å². The van der Waals surface area contributed by atoms with Crippen molar-refractivity contribution >= 4 is 15.9 Å². The van der Waals surface area contributed by atoms with Gasteiger partial charge in [0.1, 0.15) is 0 Å². The molecule has 14 heavy (non-hydrogen) atoms. The summed E-state index contributed by atoms with van der Waals surface area (Å²) < 4.78 is 24.4. The molecule has 0 radical (unpaired) electrons. The highest BCUT2D eigenvalue weighted by molar-refractivity contribution is 7.89. The monoisotopic (exact) mass is 220 g/mol. The Balaban J connectivity index is 2.39. The molecule has 0 saturated carbocycles. The number of amides is 1. The van der Waals surface area contributed by atoms with E-state index < -0.39 is 10.0 Å². The number of sulfonamides is 1.